The maximum Gasteiger partial charge on any atom is 0.200 e. The second-order valence-corrected chi connectivity index (χ2v) is 5.54. The number of hydrogen-bond donors (Lipinski definition) is 0. The van der Waals surface area contributed by atoms with Crippen molar-refractivity contribution in [1.82, 2.24) is 0 Å². The number of thioether (sulfide) groups is 1. The van der Waals surface area contributed by atoms with E-state index in [1.165, 1.54) is 0 Å². The van der Waals surface area contributed by atoms with Crippen LogP contribution in [0, 0.1) is 13.8 Å². The predicted octanol–water partition coefficient (Wildman–Crippen LogP) is 4.29. The molecule has 0 heterocycles. The Balaban J connectivity index is 2.04. The van der Waals surface area contributed by atoms with E-state index in [9.17, 15) is 4.79 Å². The number of para-hydroxylation sites is 1. The first kappa shape index (κ1) is 14.7. The van der Waals surface area contributed by atoms with E-state index in [-0.39, 0.29) is 12.4 Å². The summed E-state index contributed by atoms with van der Waals surface area (Å²) in [4.78, 5) is 13.3. The van der Waals surface area contributed by atoms with Crippen LogP contribution >= 0.6 is 11.8 Å². The minimum atomic E-state index is 0.000283. The van der Waals surface area contributed by atoms with Gasteiger partial charge in [-0.15, -0.1) is 11.8 Å². The zero-order valence-electron chi connectivity index (χ0n) is 12.0. The molecule has 0 bridgehead atoms. The summed E-state index contributed by atoms with van der Waals surface area (Å²) in [7, 11) is 0. The molecule has 2 aromatic carbocycles. The van der Waals surface area contributed by atoms with Crippen molar-refractivity contribution in [2.45, 2.75) is 18.7 Å². The van der Waals surface area contributed by atoms with Gasteiger partial charge in [-0.2, -0.15) is 0 Å². The molecule has 0 aliphatic heterocycles. The Morgan fingerprint density at radius 3 is 2.20 bits per heavy atom. The van der Waals surface area contributed by atoms with Gasteiger partial charge in [0.1, 0.15) is 5.75 Å². The zero-order valence-corrected chi connectivity index (χ0v) is 12.8. The van der Waals surface area contributed by atoms with Crippen molar-refractivity contribution < 1.29 is 9.53 Å². The Morgan fingerprint density at radius 1 is 1.05 bits per heavy atom. The topological polar surface area (TPSA) is 26.3 Å². The molecule has 2 nitrogen and oxygen atoms in total. The lowest BCUT2D eigenvalue weighted by Crippen LogP contribution is -2.12. The Hall–Kier alpha value is -1.74. The van der Waals surface area contributed by atoms with Gasteiger partial charge >= 0.3 is 0 Å². The highest BCUT2D eigenvalue weighted by Gasteiger charge is 2.09. The molecule has 0 aliphatic rings. The van der Waals surface area contributed by atoms with Crippen LogP contribution in [0.5, 0.6) is 5.75 Å². The van der Waals surface area contributed by atoms with Gasteiger partial charge in [0.15, 0.2) is 12.4 Å². The number of Topliss-reactive ketones (excluding diaryl/α,β-unsaturated/α-hetero) is 1. The van der Waals surface area contributed by atoms with E-state index >= 15 is 0 Å². The van der Waals surface area contributed by atoms with E-state index < -0.39 is 0 Å². The Morgan fingerprint density at radius 2 is 1.65 bits per heavy atom. The molecule has 0 saturated heterocycles. The van der Waals surface area contributed by atoms with Crippen molar-refractivity contribution in [3.63, 3.8) is 0 Å². The summed E-state index contributed by atoms with van der Waals surface area (Å²) in [6, 6.07) is 13.6. The van der Waals surface area contributed by atoms with Crippen LogP contribution in [0.15, 0.2) is 47.4 Å². The van der Waals surface area contributed by atoms with Crippen molar-refractivity contribution in [3.8, 4) is 5.75 Å². The van der Waals surface area contributed by atoms with E-state index in [4.69, 9.17) is 4.74 Å². The van der Waals surface area contributed by atoms with E-state index in [2.05, 4.69) is 0 Å². The summed E-state index contributed by atoms with van der Waals surface area (Å²) in [5.41, 5.74) is 2.79. The van der Waals surface area contributed by atoms with Crippen LogP contribution in [0.2, 0.25) is 0 Å². The molecule has 0 amide bonds. The van der Waals surface area contributed by atoms with Crippen molar-refractivity contribution in [3.05, 3.63) is 59.2 Å². The van der Waals surface area contributed by atoms with E-state index in [0.29, 0.717) is 5.56 Å². The largest absolute Gasteiger partial charge is 0.485 e. The third kappa shape index (κ3) is 3.42. The number of aryl methyl sites for hydroxylation is 2. The molecule has 3 heteroatoms. The lowest BCUT2D eigenvalue weighted by atomic mass is 10.1. The number of carbonyl (C=O) groups is 1. The Bertz CT molecular complexity index is 583. The number of hydrogen-bond acceptors (Lipinski definition) is 3. The normalized spacial score (nSPS) is 10.3. The fourth-order valence-electron chi connectivity index (χ4n) is 2.02. The molecule has 0 atom stereocenters. The van der Waals surface area contributed by atoms with Gasteiger partial charge in [0.2, 0.25) is 0 Å². The lowest BCUT2D eigenvalue weighted by Gasteiger charge is -2.11. The summed E-state index contributed by atoms with van der Waals surface area (Å²) in [5.74, 6) is 0.807. The fraction of sp³-hybridized carbons (Fsp3) is 0.235. The summed E-state index contributed by atoms with van der Waals surface area (Å²) in [6.07, 6.45) is 2.01. The molecule has 0 aliphatic carbocycles. The van der Waals surface area contributed by atoms with Gasteiger partial charge in [0, 0.05) is 10.5 Å². The van der Waals surface area contributed by atoms with Crippen LogP contribution in [0.1, 0.15) is 21.5 Å². The smallest absolute Gasteiger partial charge is 0.200 e. The van der Waals surface area contributed by atoms with Gasteiger partial charge in [-0.05, 0) is 43.4 Å². The number of benzene rings is 2. The van der Waals surface area contributed by atoms with Crippen molar-refractivity contribution >= 4 is 17.5 Å². The van der Waals surface area contributed by atoms with Crippen LogP contribution in [0.3, 0.4) is 0 Å². The SMILES string of the molecule is CSc1ccc(C(=O)COc2c(C)cccc2C)cc1. The molecule has 0 N–H and O–H groups in total. The van der Waals surface area contributed by atoms with Crippen LogP contribution in [-0.2, 0) is 0 Å². The molecule has 0 aromatic heterocycles. The van der Waals surface area contributed by atoms with Crippen molar-refractivity contribution in [2.75, 3.05) is 12.9 Å². The average Bonchev–Trinajstić information content (AvgIpc) is 2.46. The number of ether oxygens (including phenoxy) is 1. The summed E-state index contributed by atoms with van der Waals surface area (Å²) in [6.45, 7) is 4.05. The van der Waals surface area contributed by atoms with Gasteiger partial charge in [-0.1, -0.05) is 30.3 Å². The molecule has 2 aromatic rings. The third-order valence-electron chi connectivity index (χ3n) is 3.17. The van der Waals surface area contributed by atoms with Crippen LogP contribution < -0.4 is 4.74 Å². The molecule has 0 fully saturated rings. The Labute approximate surface area is 124 Å². The number of carbonyl (C=O) groups excluding carboxylic acids is 1. The zero-order chi connectivity index (χ0) is 14.5. The number of rotatable bonds is 5. The first-order valence-corrected chi connectivity index (χ1v) is 7.70. The monoisotopic (exact) mass is 286 g/mol. The highest BCUT2D eigenvalue weighted by atomic mass is 32.2. The van der Waals surface area contributed by atoms with Crippen molar-refractivity contribution in [1.29, 1.82) is 0 Å². The standard InChI is InChI=1S/C17H18O2S/c1-12-5-4-6-13(2)17(12)19-11-16(18)14-7-9-15(20-3)10-8-14/h4-10H,11H2,1-3H3. The minimum absolute atomic E-state index is 0.000283. The second kappa shape index (κ2) is 6.62. The summed E-state index contributed by atoms with van der Waals surface area (Å²) < 4.78 is 5.69. The fourth-order valence-corrected chi connectivity index (χ4v) is 2.43. The van der Waals surface area contributed by atoms with E-state index in [0.717, 1.165) is 21.8 Å². The molecule has 0 spiro atoms. The van der Waals surface area contributed by atoms with Gasteiger partial charge in [-0.25, -0.2) is 0 Å². The molecular formula is C17H18O2S. The summed E-state index contributed by atoms with van der Waals surface area (Å²) in [5, 5.41) is 0. The molecular weight excluding hydrogens is 268 g/mol. The van der Waals surface area contributed by atoms with Crippen molar-refractivity contribution in [2.24, 2.45) is 0 Å². The highest BCUT2D eigenvalue weighted by Crippen LogP contribution is 2.22. The van der Waals surface area contributed by atoms with Crippen LogP contribution in [0.25, 0.3) is 0 Å². The molecule has 0 unspecified atom stereocenters. The third-order valence-corrected chi connectivity index (χ3v) is 3.91. The molecule has 104 valence electrons. The minimum Gasteiger partial charge on any atom is -0.485 e. The first-order valence-electron chi connectivity index (χ1n) is 6.48. The average molecular weight is 286 g/mol. The van der Waals surface area contributed by atoms with Crippen LogP contribution in [-0.4, -0.2) is 18.6 Å². The quantitative estimate of drug-likeness (QED) is 0.606. The maximum absolute atomic E-state index is 12.1. The number of ketones is 1. The van der Waals surface area contributed by atoms with Gasteiger partial charge in [-0.3, -0.25) is 4.79 Å². The van der Waals surface area contributed by atoms with Gasteiger partial charge in [0.05, 0.1) is 0 Å². The molecule has 20 heavy (non-hydrogen) atoms. The van der Waals surface area contributed by atoms with Gasteiger partial charge < -0.3 is 4.74 Å². The maximum atomic E-state index is 12.1. The predicted molar refractivity (Wildman–Crippen MR) is 84.0 cm³/mol. The molecule has 2 rings (SSSR count). The lowest BCUT2D eigenvalue weighted by molar-refractivity contribution is 0.0920. The second-order valence-electron chi connectivity index (χ2n) is 4.66. The summed E-state index contributed by atoms with van der Waals surface area (Å²) >= 11 is 1.66. The highest BCUT2D eigenvalue weighted by molar-refractivity contribution is 7.98. The van der Waals surface area contributed by atoms with Gasteiger partial charge in [0.25, 0.3) is 0 Å². The molecule has 0 radical (unpaired) electrons. The van der Waals surface area contributed by atoms with E-state index in [1.54, 1.807) is 11.8 Å². The van der Waals surface area contributed by atoms with E-state index in [1.807, 2.05) is 62.6 Å². The Kier molecular flexibility index (Phi) is 4.85. The molecule has 0 saturated carbocycles. The van der Waals surface area contributed by atoms with Crippen LogP contribution in [0.4, 0.5) is 0 Å². The first-order chi connectivity index (χ1) is 9.61.